The molecule has 1 saturated heterocycles. The summed E-state index contributed by atoms with van der Waals surface area (Å²) in [5, 5.41) is 14.2. The van der Waals surface area contributed by atoms with Crippen LogP contribution in [0.5, 0.6) is 0 Å². The highest BCUT2D eigenvalue weighted by Gasteiger charge is 2.33. The number of rotatable bonds is 5. The van der Waals surface area contributed by atoms with Crippen molar-refractivity contribution in [1.82, 2.24) is 20.3 Å². The Hall–Kier alpha value is -2.19. The largest absolute Gasteiger partial charge is 0.372 e. The van der Waals surface area contributed by atoms with Crippen LogP contribution in [-0.2, 0) is 16.6 Å². The lowest BCUT2D eigenvalue weighted by Crippen LogP contribution is -2.38. The van der Waals surface area contributed by atoms with Crippen LogP contribution in [0.25, 0.3) is 0 Å². The maximum atomic E-state index is 12.0. The maximum Gasteiger partial charge on any atom is 0.240 e. The molecule has 1 aliphatic heterocycles. The zero-order valence-corrected chi connectivity index (χ0v) is 14.4. The third-order valence-corrected chi connectivity index (χ3v) is 4.36. The van der Waals surface area contributed by atoms with Crippen LogP contribution in [0.15, 0.2) is 10.6 Å². The summed E-state index contributed by atoms with van der Waals surface area (Å²) in [5.74, 6) is 0.189. The van der Waals surface area contributed by atoms with E-state index < -0.39 is 0 Å². The van der Waals surface area contributed by atoms with Gasteiger partial charge in [0, 0.05) is 37.0 Å². The molecule has 2 aromatic heterocycles. The van der Waals surface area contributed by atoms with Crippen molar-refractivity contribution < 1.29 is 14.1 Å². The molecule has 2 N–H and O–H groups in total. The van der Waals surface area contributed by atoms with Crippen molar-refractivity contribution in [3.63, 3.8) is 0 Å². The van der Waals surface area contributed by atoms with E-state index in [1.807, 2.05) is 25.6 Å². The molecule has 24 heavy (non-hydrogen) atoms. The number of carbonyl (C=O) groups is 1. The van der Waals surface area contributed by atoms with E-state index in [1.54, 1.807) is 13.0 Å². The van der Waals surface area contributed by atoms with Crippen LogP contribution in [0.3, 0.4) is 0 Å². The molecule has 2 atom stereocenters. The second-order valence-electron chi connectivity index (χ2n) is 6.16. The van der Waals surface area contributed by atoms with Crippen molar-refractivity contribution in [2.45, 2.75) is 39.3 Å². The third-order valence-electron chi connectivity index (χ3n) is 4.36. The molecular formula is C16H23N5O3. The topological polar surface area (TPSA) is 94.2 Å². The second-order valence-corrected chi connectivity index (χ2v) is 6.16. The van der Waals surface area contributed by atoms with Crippen molar-refractivity contribution in [2.75, 3.05) is 18.5 Å². The summed E-state index contributed by atoms with van der Waals surface area (Å²) in [6, 6.07) is 1.76. The van der Waals surface area contributed by atoms with Gasteiger partial charge in [-0.15, -0.1) is 0 Å². The Morgan fingerprint density at radius 3 is 2.83 bits per heavy atom. The number of aromatic nitrogens is 3. The minimum Gasteiger partial charge on any atom is -0.372 e. The zero-order valence-electron chi connectivity index (χ0n) is 14.4. The number of anilines is 1. The molecule has 3 rings (SSSR count). The van der Waals surface area contributed by atoms with E-state index in [9.17, 15) is 4.79 Å². The molecule has 8 heteroatoms. The number of amides is 1. The smallest absolute Gasteiger partial charge is 0.240 e. The number of hydrogen-bond donors (Lipinski definition) is 2. The molecule has 0 bridgehead atoms. The van der Waals surface area contributed by atoms with E-state index in [-0.39, 0.29) is 24.6 Å². The fraction of sp³-hybridized carbons (Fsp3) is 0.562. The van der Waals surface area contributed by atoms with Crippen LogP contribution in [-0.4, -0.2) is 40.0 Å². The molecule has 0 saturated carbocycles. The van der Waals surface area contributed by atoms with Gasteiger partial charge in [-0.3, -0.25) is 14.8 Å². The van der Waals surface area contributed by atoms with Crippen LogP contribution in [0.4, 0.5) is 5.88 Å². The number of hydrogen-bond acceptors (Lipinski definition) is 6. The molecule has 1 fully saturated rings. The van der Waals surface area contributed by atoms with Crippen molar-refractivity contribution in [3.8, 4) is 0 Å². The Labute approximate surface area is 140 Å². The van der Waals surface area contributed by atoms with Crippen LogP contribution in [0.2, 0.25) is 0 Å². The molecule has 1 amide bonds. The number of nitrogens with zero attached hydrogens (tertiary/aromatic N) is 3. The van der Waals surface area contributed by atoms with Crippen molar-refractivity contribution in [2.24, 2.45) is 7.05 Å². The van der Waals surface area contributed by atoms with Crippen molar-refractivity contribution >= 4 is 11.8 Å². The predicted molar refractivity (Wildman–Crippen MR) is 87.7 cm³/mol. The van der Waals surface area contributed by atoms with Gasteiger partial charge in [-0.2, -0.15) is 5.10 Å². The fourth-order valence-electron chi connectivity index (χ4n) is 3.11. The highest BCUT2D eigenvalue weighted by molar-refractivity contribution is 5.90. The van der Waals surface area contributed by atoms with E-state index in [2.05, 4.69) is 20.9 Å². The first-order valence-electron chi connectivity index (χ1n) is 8.04. The van der Waals surface area contributed by atoms with Crippen molar-refractivity contribution in [1.29, 1.82) is 0 Å². The molecule has 0 aliphatic carbocycles. The molecule has 130 valence electrons. The minimum absolute atomic E-state index is 0.0776. The Balaban J connectivity index is 1.61. The first-order chi connectivity index (χ1) is 11.5. The Morgan fingerprint density at radius 2 is 2.21 bits per heavy atom. The van der Waals surface area contributed by atoms with E-state index in [0.717, 1.165) is 29.1 Å². The van der Waals surface area contributed by atoms with Gasteiger partial charge >= 0.3 is 0 Å². The summed E-state index contributed by atoms with van der Waals surface area (Å²) in [5.41, 5.74) is 3.90. The molecular weight excluding hydrogens is 310 g/mol. The van der Waals surface area contributed by atoms with Gasteiger partial charge in [0.15, 0.2) is 0 Å². The number of nitrogens with one attached hydrogen (secondary N) is 2. The number of carbonyl (C=O) groups excluding carboxylic acids is 1. The molecule has 0 radical (unpaired) electrons. The standard InChI is InChI=1S/C16H23N5O3/c1-9-7-14(24-20-9)18-13(22)8-17-12-5-6-23-16(12)15-10(2)19-21(4)11(15)3/h7,12,16-17H,5-6,8H2,1-4H3,(H,18,22)/t12-,16-/m0/s1. The number of aryl methyl sites for hydroxylation is 3. The van der Waals surface area contributed by atoms with Crippen LogP contribution >= 0.6 is 0 Å². The molecule has 0 aromatic carbocycles. The Kier molecular flexibility index (Phi) is 4.68. The predicted octanol–water partition coefficient (Wildman–Crippen LogP) is 1.39. The van der Waals surface area contributed by atoms with E-state index in [0.29, 0.717) is 12.5 Å². The summed E-state index contributed by atoms with van der Waals surface area (Å²) < 4.78 is 12.8. The lowest BCUT2D eigenvalue weighted by molar-refractivity contribution is -0.115. The normalized spacial score (nSPS) is 20.5. The quantitative estimate of drug-likeness (QED) is 0.859. The van der Waals surface area contributed by atoms with Gasteiger partial charge in [0.1, 0.15) is 6.10 Å². The van der Waals surface area contributed by atoms with Crippen LogP contribution in [0.1, 0.15) is 35.2 Å². The monoisotopic (exact) mass is 333 g/mol. The summed E-state index contributed by atoms with van der Waals surface area (Å²) in [4.78, 5) is 12.0. The third kappa shape index (κ3) is 3.34. The first-order valence-corrected chi connectivity index (χ1v) is 8.04. The highest BCUT2D eigenvalue weighted by atomic mass is 16.5. The lowest BCUT2D eigenvalue weighted by atomic mass is 10.0. The van der Waals surface area contributed by atoms with Gasteiger partial charge in [-0.05, 0) is 27.2 Å². The highest BCUT2D eigenvalue weighted by Crippen LogP contribution is 2.33. The van der Waals surface area contributed by atoms with Gasteiger partial charge in [0.25, 0.3) is 0 Å². The fourth-order valence-corrected chi connectivity index (χ4v) is 3.11. The average Bonchev–Trinajstić information content (AvgIpc) is 3.19. The van der Waals surface area contributed by atoms with Crippen LogP contribution < -0.4 is 10.6 Å². The molecule has 1 aliphatic rings. The van der Waals surface area contributed by atoms with E-state index in [1.165, 1.54) is 0 Å². The SMILES string of the molecule is Cc1cc(NC(=O)CN[C@H]2CCO[C@@H]2c2c(C)nn(C)c2C)on1. The van der Waals surface area contributed by atoms with Gasteiger partial charge in [-0.25, -0.2) is 0 Å². The minimum atomic E-state index is -0.170. The molecule has 2 aromatic rings. The summed E-state index contributed by atoms with van der Waals surface area (Å²) in [6.45, 7) is 6.67. The summed E-state index contributed by atoms with van der Waals surface area (Å²) >= 11 is 0. The Morgan fingerprint density at radius 1 is 1.42 bits per heavy atom. The summed E-state index contributed by atoms with van der Waals surface area (Å²) in [7, 11) is 1.93. The second kappa shape index (κ2) is 6.74. The van der Waals surface area contributed by atoms with Gasteiger partial charge in [0.05, 0.1) is 17.9 Å². The maximum absolute atomic E-state index is 12.0. The lowest BCUT2D eigenvalue weighted by Gasteiger charge is -2.20. The number of ether oxygens (including phenoxy) is 1. The Bertz CT molecular complexity index is 736. The average molecular weight is 333 g/mol. The zero-order chi connectivity index (χ0) is 17.3. The van der Waals surface area contributed by atoms with E-state index in [4.69, 9.17) is 9.26 Å². The van der Waals surface area contributed by atoms with E-state index >= 15 is 0 Å². The molecule has 3 heterocycles. The molecule has 0 spiro atoms. The van der Waals surface area contributed by atoms with Gasteiger partial charge in [0.2, 0.25) is 11.8 Å². The summed E-state index contributed by atoms with van der Waals surface area (Å²) in [6.07, 6.45) is 0.770. The van der Waals surface area contributed by atoms with Crippen LogP contribution in [0, 0.1) is 20.8 Å². The van der Waals surface area contributed by atoms with Gasteiger partial charge < -0.3 is 14.6 Å². The molecule has 0 unspecified atom stereocenters. The molecule has 8 nitrogen and oxygen atoms in total. The van der Waals surface area contributed by atoms with Gasteiger partial charge in [-0.1, -0.05) is 5.16 Å². The first kappa shape index (κ1) is 16.7. The van der Waals surface area contributed by atoms with Crippen molar-refractivity contribution in [3.05, 3.63) is 28.7 Å².